The van der Waals surface area contributed by atoms with E-state index in [0.717, 1.165) is 63.4 Å². The summed E-state index contributed by atoms with van der Waals surface area (Å²) in [6.45, 7) is 16.7. The molecule has 5 N–H and O–H groups in total. The molecule has 0 saturated carbocycles. The number of hydrogen-bond acceptors (Lipinski definition) is 11. The predicted molar refractivity (Wildman–Crippen MR) is 230 cm³/mol. The number of aromatic nitrogens is 4. The molecule has 0 spiro atoms. The first-order valence-corrected chi connectivity index (χ1v) is 20.0. The van der Waals surface area contributed by atoms with Gasteiger partial charge in [0.15, 0.2) is 23.1 Å². The number of carboxylic acids is 1. The Hall–Kier alpha value is -6.16. The second-order valence-electron chi connectivity index (χ2n) is 17.4. The molecule has 2 fully saturated rings. The summed E-state index contributed by atoms with van der Waals surface area (Å²) in [6.07, 6.45) is 6.17. The topological polar surface area (TPSA) is 203 Å². The number of carbonyl (C=O) groups excluding carboxylic acids is 3. The highest BCUT2D eigenvalue weighted by atomic mass is 16.4. The van der Waals surface area contributed by atoms with Crippen LogP contribution in [-0.4, -0.2) is 93.7 Å². The van der Waals surface area contributed by atoms with Gasteiger partial charge in [-0.15, -0.1) is 0 Å². The molecular formula is C43H55N11O5. The average molecular weight is 806 g/mol. The standard InChI is InChI=1S/C22H27N5O2.C16H15N5O3.C5H13N/c1-22(2,3)11-9-18(28)16-7-8-17-20(24-16)27(15-10-13-26(17)14-15)21(29)25-19-6-4-5-12-23-19;22-15(23)11-4-5-12-14(18-11)21(10-6-8-20(12)9-10)16(24)19-13-3-1-2-7-17-13;1-5(2,3)4-6/h4-8,12,15H,9-11,13-14H2,1-3H3,(H,23,25,29);1-5,7,10H,6,8-9H2,(H,22,23)(H,17,19,24);4,6H2,1-3H3/t15-;10-;/m00./s1. The number of anilines is 6. The Morgan fingerprint density at radius 1 is 0.695 bits per heavy atom. The molecule has 4 bridgehead atoms. The molecule has 0 aliphatic carbocycles. The van der Waals surface area contributed by atoms with Crippen LogP contribution in [0.15, 0.2) is 73.1 Å². The molecule has 16 nitrogen and oxygen atoms in total. The van der Waals surface area contributed by atoms with Gasteiger partial charge in [0.2, 0.25) is 0 Å². The Labute approximate surface area is 345 Å². The Bertz CT molecular complexity index is 2140. The highest BCUT2D eigenvalue weighted by Crippen LogP contribution is 2.40. The maximum atomic E-state index is 13.1. The molecule has 0 aromatic carbocycles. The lowest BCUT2D eigenvalue weighted by molar-refractivity contribution is 0.0690. The number of rotatable bonds is 6. The molecule has 2 atom stereocenters. The van der Waals surface area contributed by atoms with Crippen molar-refractivity contribution in [1.29, 1.82) is 0 Å². The van der Waals surface area contributed by atoms with Crippen molar-refractivity contribution in [3.63, 3.8) is 0 Å². The summed E-state index contributed by atoms with van der Waals surface area (Å²) < 4.78 is 0. The fourth-order valence-corrected chi connectivity index (χ4v) is 7.05. The first kappa shape index (κ1) is 42.4. The third-order valence-electron chi connectivity index (χ3n) is 10.4. The molecule has 8 rings (SSSR count). The summed E-state index contributed by atoms with van der Waals surface area (Å²) in [4.78, 5) is 74.6. The molecule has 4 aliphatic heterocycles. The van der Waals surface area contributed by atoms with Gasteiger partial charge in [0, 0.05) is 45.0 Å². The van der Waals surface area contributed by atoms with E-state index in [2.05, 4.69) is 81.9 Å². The van der Waals surface area contributed by atoms with Crippen LogP contribution < -0.4 is 36.0 Å². The second-order valence-corrected chi connectivity index (χ2v) is 17.4. The number of carboxylic acid groups (broad SMARTS) is 1. The number of fused-ring (bicyclic) bond motifs is 8. The zero-order valence-electron chi connectivity index (χ0n) is 34.7. The zero-order chi connectivity index (χ0) is 42.5. The summed E-state index contributed by atoms with van der Waals surface area (Å²) >= 11 is 0. The number of nitrogens with one attached hydrogen (secondary N) is 2. The quantitative estimate of drug-likeness (QED) is 0.147. The number of pyridine rings is 4. The number of ketones is 1. The van der Waals surface area contributed by atoms with Crippen LogP contribution in [0.4, 0.5) is 44.2 Å². The maximum Gasteiger partial charge on any atom is 0.354 e. The molecule has 0 unspecified atom stereocenters. The van der Waals surface area contributed by atoms with Crippen molar-refractivity contribution in [3.8, 4) is 0 Å². The van der Waals surface area contributed by atoms with Gasteiger partial charge in [-0.1, -0.05) is 53.7 Å². The summed E-state index contributed by atoms with van der Waals surface area (Å²) in [5.74, 6) is 0.790. The fraction of sp³-hybridized carbons (Fsp3) is 0.442. The Morgan fingerprint density at radius 3 is 1.56 bits per heavy atom. The van der Waals surface area contributed by atoms with Crippen LogP contribution in [0.2, 0.25) is 0 Å². The van der Waals surface area contributed by atoms with E-state index in [1.165, 1.54) is 6.07 Å². The van der Waals surface area contributed by atoms with Crippen molar-refractivity contribution in [1.82, 2.24) is 19.9 Å². The monoisotopic (exact) mass is 805 g/mol. The normalized spacial score (nSPS) is 17.4. The number of Topliss-reactive ketones (excluding diaryl/α,β-unsaturated/α-hetero) is 1. The second kappa shape index (κ2) is 17.8. The van der Waals surface area contributed by atoms with E-state index in [-0.39, 0.29) is 41.0 Å². The summed E-state index contributed by atoms with van der Waals surface area (Å²) in [6, 6.07) is 16.9. The number of nitrogens with two attached hydrogens (primary N) is 1. The SMILES string of the molecule is CC(C)(C)CCC(=O)c1ccc2c(n1)N(C(=O)Nc1ccccn1)[C@H]1CCN2C1.CC(C)(C)CN.O=C(O)c1ccc2c(n1)N(C(=O)Nc1ccccn1)[C@H]1CCN2C1. The summed E-state index contributed by atoms with van der Waals surface area (Å²) in [5.41, 5.74) is 7.74. The van der Waals surface area contributed by atoms with Crippen LogP contribution >= 0.6 is 0 Å². The lowest BCUT2D eigenvalue weighted by Crippen LogP contribution is -2.48. The molecule has 4 aromatic heterocycles. The molecule has 312 valence electrons. The summed E-state index contributed by atoms with van der Waals surface area (Å²) in [5, 5.41) is 14.8. The number of hydrogen-bond donors (Lipinski definition) is 4. The van der Waals surface area contributed by atoms with Crippen LogP contribution in [0.5, 0.6) is 0 Å². The van der Waals surface area contributed by atoms with Crippen LogP contribution in [0.3, 0.4) is 0 Å². The Balaban J connectivity index is 0.000000177. The van der Waals surface area contributed by atoms with E-state index in [1.807, 2.05) is 12.1 Å². The van der Waals surface area contributed by atoms with E-state index in [0.29, 0.717) is 40.8 Å². The number of urea groups is 2. The first-order chi connectivity index (χ1) is 28.0. The Kier molecular flexibility index (Phi) is 12.8. The molecule has 16 heteroatoms. The molecule has 2 saturated heterocycles. The molecule has 4 aliphatic rings. The molecule has 4 amide bonds. The highest BCUT2D eigenvalue weighted by molar-refractivity contribution is 6.06. The van der Waals surface area contributed by atoms with Crippen molar-refractivity contribution >= 4 is 58.5 Å². The van der Waals surface area contributed by atoms with E-state index in [4.69, 9.17) is 5.73 Å². The first-order valence-electron chi connectivity index (χ1n) is 20.0. The van der Waals surface area contributed by atoms with Crippen LogP contribution in [0.1, 0.15) is 88.2 Å². The third-order valence-corrected chi connectivity index (χ3v) is 10.4. The van der Waals surface area contributed by atoms with E-state index < -0.39 is 5.97 Å². The minimum Gasteiger partial charge on any atom is -0.477 e. The minimum atomic E-state index is -1.11. The summed E-state index contributed by atoms with van der Waals surface area (Å²) in [7, 11) is 0. The maximum absolute atomic E-state index is 13.1. The lowest BCUT2D eigenvalue weighted by atomic mass is 9.89. The van der Waals surface area contributed by atoms with Crippen LogP contribution in [0, 0.1) is 10.8 Å². The van der Waals surface area contributed by atoms with Gasteiger partial charge < -0.3 is 20.6 Å². The van der Waals surface area contributed by atoms with Gasteiger partial charge in [0.25, 0.3) is 0 Å². The predicted octanol–water partition coefficient (Wildman–Crippen LogP) is 6.91. The zero-order valence-corrected chi connectivity index (χ0v) is 34.7. The van der Waals surface area contributed by atoms with Gasteiger partial charge in [-0.25, -0.2) is 34.3 Å². The van der Waals surface area contributed by atoms with Crippen LogP contribution in [0.25, 0.3) is 0 Å². The fourth-order valence-electron chi connectivity index (χ4n) is 7.05. The van der Waals surface area contributed by atoms with Crippen molar-refractivity contribution in [2.24, 2.45) is 16.6 Å². The number of aromatic carboxylic acids is 1. The minimum absolute atomic E-state index is 0.0146. The molecule has 0 radical (unpaired) electrons. The molecular weight excluding hydrogens is 751 g/mol. The lowest BCUT2D eigenvalue weighted by Gasteiger charge is -2.35. The number of carbonyl (C=O) groups is 4. The van der Waals surface area contributed by atoms with Gasteiger partial charge >= 0.3 is 18.0 Å². The van der Waals surface area contributed by atoms with E-state index in [9.17, 15) is 24.3 Å². The smallest absolute Gasteiger partial charge is 0.354 e. The molecule has 4 aromatic rings. The van der Waals surface area contributed by atoms with Crippen LogP contribution in [-0.2, 0) is 0 Å². The van der Waals surface area contributed by atoms with Crippen molar-refractivity contribution in [3.05, 3.63) is 84.4 Å². The molecule has 8 heterocycles. The van der Waals surface area contributed by atoms with Crippen molar-refractivity contribution in [2.75, 3.05) is 63.0 Å². The van der Waals surface area contributed by atoms with E-state index >= 15 is 0 Å². The van der Waals surface area contributed by atoms with Gasteiger partial charge in [-0.2, -0.15) is 0 Å². The van der Waals surface area contributed by atoms with Crippen molar-refractivity contribution < 1.29 is 24.3 Å². The van der Waals surface area contributed by atoms with Gasteiger partial charge in [0.05, 0.1) is 23.5 Å². The molecule has 59 heavy (non-hydrogen) atoms. The third kappa shape index (κ3) is 10.5. The van der Waals surface area contributed by atoms with Gasteiger partial charge in [-0.3, -0.25) is 25.2 Å². The van der Waals surface area contributed by atoms with Gasteiger partial charge in [-0.05, 0) is 85.2 Å². The highest BCUT2D eigenvalue weighted by Gasteiger charge is 2.42. The largest absolute Gasteiger partial charge is 0.477 e. The van der Waals surface area contributed by atoms with Gasteiger partial charge in [0.1, 0.15) is 17.3 Å². The number of nitrogens with zero attached hydrogens (tertiary/aromatic N) is 8. The number of amides is 4. The Morgan fingerprint density at radius 2 is 1.15 bits per heavy atom. The van der Waals surface area contributed by atoms with Crippen molar-refractivity contribution in [2.45, 2.75) is 79.3 Å². The average Bonchev–Trinajstić information content (AvgIpc) is 3.82. The van der Waals surface area contributed by atoms with E-state index in [1.54, 1.807) is 64.7 Å².